The number of nitro groups is 2. The van der Waals surface area contributed by atoms with Gasteiger partial charge in [-0.25, -0.2) is 0 Å². The molecule has 0 unspecified atom stereocenters. The Balaban J connectivity index is 1.58. The first-order valence-electron chi connectivity index (χ1n) is 11.1. The minimum Gasteiger partial charge on any atom is -0.399 e. The van der Waals surface area contributed by atoms with Gasteiger partial charge in [-0.2, -0.15) is 0 Å². The Hall–Kier alpha value is -5.24. The van der Waals surface area contributed by atoms with Crippen molar-refractivity contribution in [3.63, 3.8) is 0 Å². The quantitative estimate of drug-likeness (QED) is 0.155. The van der Waals surface area contributed by atoms with Gasteiger partial charge < -0.3 is 10.6 Å². The fourth-order valence-electron chi connectivity index (χ4n) is 4.12. The highest BCUT2D eigenvalue weighted by Gasteiger charge is 2.16. The zero-order valence-corrected chi connectivity index (χ0v) is 18.9. The topological polar surface area (TPSA) is 116 Å². The summed E-state index contributed by atoms with van der Waals surface area (Å²) >= 11 is 0. The number of fused-ring (bicyclic) bond motifs is 1. The minimum absolute atomic E-state index is 0.0175. The van der Waals surface area contributed by atoms with Crippen LogP contribution in [0.4, 0.5) is 34.1 Å². The summed E-state index contributed by atoms with van der Waals surface area (Å²) in [6.45, 7) is 0. The zero-order chi connectivity index (χ0) is 25.2. The number of nitrogens with two attached hydrogens (primary N) is 1. The van der Waals surface area contributed by atoms with E-state index in [1.54, 1.807) is 24.3 Å². The monoisotopic (exact) mass is 476 g/mol. The van der Waals surface area contributed by atoms with Gasteiger partial charge in [0.05, 0.1) is 9.85 Å². The maximum absolute atomic E-state index is 11.1. The van der Waals surface area contributed by atoms with E-state index in [2.05, 4.69) is 6.07 Å². The molecule has 0 aliphatic heterocycles. The summed E-state index contributed by atoms with van der Waals surface area (Å²) in [5, 5.41) is 24.3. The van der Waals surface area contributed by atoms with Gasteiger partial charge in [0.15, 0.2) is 0 Å². The lowest BCUT2D eigenvalue weighted by atomic mass is 10.0. The summed E-state index contributed by atoms with van der Waals surface area (Å²) in [6.07, 6.45) is 0. The van der Waals surface area contributed by atoms with Crippen molar-refractivity contribution in [1.82, 2.24) is 0 Å². The van der Waals surface area contributed by atoms with E-state index < -0.39 is 9.85 Å². The molecule has 0 radical (unpaired) electrons. The van der Waals surface area contributed by atoms with E-state index >= 15 is 0 Å². The molecule has 0 aliphatic rings. The maximum atomic E-state index is 11.1. The first-order chi connectivity index (χ1) is 17.4. The van der Waals surface area contributed by atoms with Gasteiger partial charge in [0.2, 0.25) is 0 Å². The third-order valence-electron chi connectivity index (χ3n) is 5.96. The molecule has 0 amide bonds. The van der Waals surface area contributed by atoms with Gasteiger partial charge in [0.25, 0.3) is 11.4 Å². The molecular weight excluding hydrogens is 456 g/mol. The van der Waals surface area contributed by atoms with Gasteiger partial charge in [-0.3, -0.25) is 20.2 Å². The van der Waals surface area contributed by atoms with Gasteiger partial charge in [0.1, 0.15) is 0 Å². The average Bonchev–Trinajstić information content (AvgIpc) is 2.89. The van der Waals surface area contributed by atoms with Crippen LogP contribution in [0, 0.1) is 20.2 Å². The maximum Gasteiger partial charge on any atom is 0.269 e. The highest BCUT2D eigenvalue weighted by Crippen LogP contribution is 2.38. The van der Waals surface area contributed by atoms with Crippen LogP contribution in [0.25, 0.3) is 21.9 Å². The number of rotatable bonds is 6. The third-order valence-corrected chi connectivity index (χ3v) is 5.96. The fraction of sp³-hybridized carbons (Fsp3) is 0. The molecule has 5 aromatic rings. The van der Waals surface area contributed by atoms with Crippen LogP contribution in [-0.2, 0) is 0 Å². The second kappa shape index (κ2) is 9.19. The fourth-order valence-corrected chi connectivity index (χ4v) is 4.12. The summed E-state index contributed by atoms with van der Waals surface area (Å²) in [4.78, 5) is 23.3. The van der Waals surface area contributed by atoms with E-state index in [1.165, 1.54) is 24.3 Å². The van der Waals surface area contributed by atoms with Crippen LogP contribution in [0.2, 0.25) is 0 Å². The molecule has 0 spiro atoms. The molecule has 0 saturated carbocycles. The SMILES string of the molecule is Nc1ccc(-c2ccc3cc(N(c4ccc([N+](=O)[O-])cc4)c4ccc([N+](=O)[O-])cc4)ccc3c2)cc1. The summed E-state index contributed by atoms with van der Waals surface area (Å²) in [7, 11) is 0. The van der Waals surface area contributed by atoms with Crippen LogP contribution in [0.1, 0.15) is 0 Å². The highest BCUT2D eigenvalue weighted by molar-refractivity contribution is 5.92. The number of anilines is 4. The first-order valence-corrected chi connectivity index (χ1v) is 11.1. The molecule has 0 saturated heterocycles. The number of nitro benzene ring substituents is 2. The lowest BCUT2D eigenvalue weighted by molar-refractivity contribution is -0.385. The van der Waals surface area contributed by atoms with Gasteiger partial charge in [-0.15, -0.1) is 0 Å². The molecule has 0 atom stereocenters. The van der Waals surface area contributed by atoms with Crippen molar-refractivity contribution in [3.8, 4) is 11.1 Å². The van der Waals surface area contributed by atoms with E-state index in [0.717, 1.165) is 27.6 Å². The molecule has 8 heteroatoms. The molecule has 2 N–H and O–H groups in total. The number of hydrogen-bond acceptors (Lipinski definition) is 6. The Morgan fingerprint density at radius 2 is 0.972 bits per heavy atom. The smallest absolute Gasteiger partial charge is 0.269 e. The summed E-state index contributed by atoms with van der Waals surface area (Å²) in [5.74, 6) is 0. The van der Waals surface area contributed by atoms with Crippen molar-refractivity contribution >= 4 is 44.9 Å². The molecule has 5 rings (SSSR count). The summed E-state index contributed by atoms with van der Waals surface area (Å²) in [5.41, 5.74) is 10.8. The van der Waals surface area contributed by atoms with Crippen molar-refractivity contribution in [2.24, 2.45) is 0 Å². The largest absolute Gasteiger partial charge is 0.399 e. The van der Waals surface area contributed by atoms with Crippen LogP contribution in [-0.4, -0.2) is 9.85 Å². The Morgan fingerprint density at radius 1 is 0.528 bits per heavy atom. The molecule has 5 aromatic carbocycles. The Morgan fingerprint density at radius 3 is 1.50 bits per heavy atom. The van der Waals surface area contributed by atoms with Gasteiger partial charge in [-0.05, 0) is 76.5 Å². The zero-order valence-electron chi connectivity index (χ0n) is 18.9. The molecule has 0 heterocycles. The Bertz CT molecular complexity index is 1520. The highest BCUT2D eigenvalue weighted by atomic mass is 16.6. The lowest BCUT2D eigenvalue weighted by Gasteiger charge is -2.25. The molecule has 0 aliphatic carbocycles. The van der Waals surface area contributed by atoms with Crippen molar-refractivity contribution < 1.29 is 9.85 Å². The molecule has 0 fully saturated rings. The first kappa shape index (κ1) is 22.5. The standard InChI is InChI=1S/C28H20N4O4/c29-23-6-3-19(4-7-23)20-1-2-22-18-28(8-5-21(22)17-20)30(24-9-13-26(14-10-24)31(33)34)25-11-15-27(16-12-25)32(35)36/h1-18H,29H2. The number of nitrogen functional groups attached to an aromatic ring is 1. The van der Waals surface area contributed by atoms with E-state index in [-0.39, 0.29) is 11.4 Å². The van der Waals surface area contributed by atoms with Gasteiger partial charge in [-0.1, -0.05) is 30.3 Å². The normalized spacial score (nSPS) is 10.8. The van der Waals surface area contributed by atoms with Crippen LogP contribution in [0.3, 0.4) is 0 Å². The predicted molar refractivity (Wildman–Crippen MR) is 142 cm³/mol. The van der Waals surface area contributed by atoms with Gasteiger partial charge in [0, 0.05) is 47.0 Å². The Labute approximate surface area is 206 Å². The van der Waals surface area contributed by atoms with Crippen LogP contribution in [0.15, 0.2) is 109 Å². The molecule has 0 aromatic heterocycles. The van der Waals surface area contributed by atoms with E-state index in [0.29, 0.717) is 17.1 Å². The Kier molecular flexibility index (Phi) is 5.75. The number of nitrogens with zero attached hydrogens (tertiary/aromatic N) is 3. The van der Waals surface area contributed by atoms with Gasteiger partial charge >= 0.3 is 0 Å². The molecule has 176 valence electrons. The van der Waals surface area contributed by atoms with Crippen LogP contribution < -0.4 is 10.6 Å². The molecule has 36 heavy (non-hydrogen) atoms. The average molecular weight is 476 g/mol. The minimum atomic E-state index is -0.450. The summed E-state index contributed by atoms with van der Waals surface area (Å²) in [6, 6.07) is 32.3. The molecule has 8 nitrogen and oxygen atoms in total. The van der Waals surface area contributed by atoms with Crippen LogP contribution in [0.5, 0.6) is 0 Å². The molecule has 0 bridgehead atoms. The van der Waals surface area contributed by atoms with E-state index in [9.17, 15) is 20.2 Å². The second-order valence-electron chi connectivity index (χ2n) is 8.25. The van der Waals surface area contributed by atoms with Crippen molar-refractivity contribution in [2.45, 2.75) is 0 Å². The van der Waals surface area contributed by atoms with E-state index in [4.69, 9.17) is 5.73 Å². The number of benzene rings is 5. The van der Waals surface area contributed by atoms with Crippen molar-refractivity contribution in [2.75, 3.05) is 10.6 Å². The second-order valence-corrected chi connectivity index (χ2v) is 8.25. The van der Waals surface area contributed by atoms with E-state index in [1.807, 2.05) is 59.5 Å². The predicted octanol–water partition coefficient (Wildman–Crippen LogP) is 7.38. The third kappa shape index (κ3) is 4.43. The van der Waals surface area contributed by atoms with Crippen molar-refractivity contribution in [3.05, 3.63) is 129 Å². The number of non-ortho nitro benzene ring substituents is 2. The number of hydrogen-bond donors (Lipinski definition) is 1. The molecular formula is C28H20N4O4. The van der Waals surface area contributed by atoms with Crippen molar-refractivity contribution in [1.29, 1.82) is 0 Å². The van der Waals surface area contributed by atoms with Crippen LogP contribution >= 0.6 is 0 Å². The lowest BCUT2D eigenvalue weighted by Crippen LogP contribution is -2.10. The summed E-state index contributed by atoms with van der Waals surface area (Å²) < 4.78 is 0.